The molecule has 1 spiro atoms. The topological polar surface area (TPSA) is 29.5 Å². The number of hydrogen-bond acceptors (Lipinski definition) is 2. The van der Waals surface area contributed by atoms with Crippen LogP contribution in [-0.4, -0.2) is 36.1 Å². The zero-order chi connectivity index (χ0) is 18.0. The summed E-state index contributed by atoms with van der Waals surface area (Å²) in [6.07, 6.45) is 9.47. The average molecular weight is 359 g/mol. The zero-order valence-corrected chi connectivity index (χ0v) is 15.6. The van der Waals surface area contributed by atoms with Gasteiger partial charge in [0, 0.05) is 25.6 Å². The van der Waals surface area contributed by atoms with E-state index >= 15 is 0 Å². The molecule has 4 heteroatoms. The number of amides is 1. The zero-order valence-electron chi connectivity index (χ0n) is 15.6. The summed E-state index contributed by atoms with van der Waals surface area (Å²) >= 11 is 0. The van der Waals surface area contributed by atoms with Crippen LogP contribution in [0.1, 0.15) is 56.9 Å². The molecule has 0 N–H and O–H groups in total. The van der Waals surface area contributed by atoms with Gasteiger partial charge in [0.05, 0.1) is 5.60 Å². The fourth-order valence-electron chi connectivity index (χ4n) is 5.21. The third kappa shape index (κ3) is 3.95. The maximum absolute atomic E-state index is 13.5. The Bertz CT molecular complexity index is 633. The van der Waals surface area contributed by atoms with Gasteiger partial charge < -0.3 is 9.64 Å². The summed E-state index contributed by atoms with van der Waals surface area (Å²) in [5, 5.41) is 0. The van der Waals surface area contributed by atoms with Gasteiger partial charge in [-0.1, -0.05) is 25.0 Å². The Labute approximate surface area is 155 Å². The molecular weight excluding hydrogens is 329 g/mol. The lowest BCUT2D eigenvalue weighted by atomic mass is 9.77. The molecule has 0 unspecified atom stereocenters. The van der Waals surface area contributed by atoms with E-state index in [0.29, 0.717) is 11.8 Å². The summed E-state index contributed by atoms with van der Waals surface area (Å²) in [5.41, 5.74) is 1.02. The van der Waals surface area contributed by atoms with Gasteiger partial charge in [-0.2, -0.15) is 0 Å². The van der Waals surface area contributed by atoms with E-state index < -0.39 is 0 Å². The molecular formula is C22H30FNO2. The Kier molecular flexibility index (Phi) is 5.30. The molecule has 3 aliphatic rings. The number of likely N-dealkylation sites (tertiary alicyclic amines) is 1. The first kappa shape index (κ1) is 18.0. The highest BCUT2D eigenvalue weighted by atomic mass is 19.1. The van der Waals surface area contributed by atoms with Crippen molar-refractivity contribution in [2.75, 3.05) is 19.7 Å². The first-order chi connectivity index (χ1) is 12.6. The Morgan fingerprint density at radius 1 is 1.19 bits per heavy atom. The molecule has 1 amide bonds. The minimum Gasteiger partial charge on any atom is -0.375 e. The predicted octanol–water partition coefficient (Wildman–Crippen LogP) is 4.35. The van der Waals surface area contributed by atoms with E-state index in [1.165, 1.54) is 18.9 Å². The van der Waals surface area contributed by atoms with Crippen LogP contribution in [0.25, 0.3) is 0 Å². The molecule has 0 radical (unpaired) electrons. The van der Waals surface area contributed by atoms with Gasteiger partial charge in [-0.05, 0) is 68.6 Å². The Morgan fingerprint density at radius 3 is 2.69 bits per heavy atom. The summed E-state index contributed by atoms with van der Waals surface area (Å²) < 4.78 is 19.7. The molecule has 26 heavy (non-hydrogen) atoms. The SMILES string of the molecule is O=C(C1CCCC1)N1CCC2(CC1)C[C@@H](Cc1cccc(F)c1)CCO2. The fourth-order valence-corrected chi connectivity index (χ4v) is 5.21. The van der Waals surface area contributed by atoms with Crippen LogP contribution in [0.5, 0.6) is 0 Å². The summed E-state index contributed by atoms with van der Waals surface area (Å²) in [7, 11) is 0. The van der Waals surface area contributed by atoms with E-state index in [4.69, 9.17) is 4.74 Å². The number of halogens is 1. The maximum atomic E-state index is 13.5. The van der Waals surface area contributed by atoms with Crippen molar-refractivity contribution in [3.05, 3.63) is 35.6 Å². The summed E-state index contributed by atoms with van der Waals surface area (Å²) in [4.78, 5) is 14.7. The molecule has 3 nitrogen and oxygen atoms in total. The van der Waals surface area contributed by atoms with Gasteiger partial charge in [0.15, 0.2) is 0 Å². The smallest absolute Gasteiger partial charge is 0.225 e. The van der Waals surface area contributed by atoms with E-state index in [1.54, 1.807) is 12.1 Å². The number of nitrogens with zero attached hydrogens (tertiary/aromatic N) is 1. The molecule has 2 heterocycles. The molecule has 4 rings (SSSR count). The number of hydrogen-bond donors (Lipinski definition) is 0. The van der Waals surface area contributed by atoms with Gasteiger partial charge in [0.25, 0.3) is 0 Å². The summed E-state index contributed by atoms with van der Waals surface area (Å²) in [6.45, 7) is 2.46. The Hall–Kier alpha value is -1.42. The van der Waals surface area contributed by atoms with Crippen molar-refractivity contribution in [1.29, 1.82) is 0 Å². The van der Waals surface area contributed by atoms with Crippen LogP contribution in [0.4, 0.5) is 4.39 Å². The standard InChI is InChI=1S/C22H30FNO2/c23-20-7-3-4-17(15-20)14-18-8-13-26-22(16-18)9-11-24(12-10-22)21(25)19-5-1-2-6-19/h3-4,7,15,18-19H,1-2,5-6,8-14,16H2/t18-/m1/s1. The van der Waals surface area contributed by atoms with Crippen LogP contribution < -0.4 is 0 Å². The van der Waals surface area contributed by atoms with Crippen LogP contribution in [0.2, 0.25) is 0 Å². The third-order valence-electron chi connectivity index (χ3n) is 6.70. The fraction of sp³-hybridized carbons (Fsp3) is 0.682. The first-order valence-corrected chi connectivity index (χ1v) is 10.3. The van der Waals surface area contributed by atoms with Gasteiger partial charge in [-0.15, -0.1) is 0 Å². The lowest BCUT2D eigenvalue weighted by Gasteiger charge is -2.46. The molecule has 2 aliphatic heterocycles. The second-order valence-corrected chi connectivity index (χ2v) is 8.53. The van der Waals surface area contributed by atoms with E-state index in [-0.39, 0.29) is 17.3 Å². The lowest BCUT2D eigenvalue weighted by molar-refractivity contribution is -0.150. The lowest BCUT2D eigenvalue weighted by Crippen LogP contribution is -2.51. The van der Waals surface area contributed by atoms with E-state index in [2.05, 4.69) is 4.90 Å². The molecule has 1 saturated carbocycles. The molecule has 2 saturated heterocycles. The minimum absolute atomic E-state index is 0.0668. The number of carbonyl (C=O) groups excluding carboxylic acids is 1. The van der Waals surface area contributed by atoms with Crippen LogP contribution in [0, 0.1) is 17.7 Å². The van der Waals surface area contributed by atoms with Crippen LogP contribution >= 0.6 is 0 Å². The molecule has 1 aromatic rings. The van der Waals surface area contributed by atoms with Gasteiger partial charge >= 0.3 is 0 Å². The number of carbonyl (C=O) groups is 1. The second kappa shape index (κ2) is 7.67. The highest BCUT2D eigenvalue weighted by molar-refractivity contribution is 5.79. The average Bonchev–Trinajstić information content (AvgIpc) is 3.17. The van der Waals surface area contributed by atoms with E-state index in [9.17, 15) is 9.18 Å². The normalized spacial score (nSPS) is 26.3. The van der Waals surface area contributed by atoms with Crippen LogP contribution in [-0.2, 0) is 16.0 Å². The molecule has 0 bridgehead atoms. The summed E-state index contributed by atoms with van der Waals surface area (Å²) in [6, 6.07) is 6.98. The van der Waals surface area contributed by atoms with Crippen LogP contribution in [0.3, 0.4) is 0 Å². The quantitative estimate of drug-likeness (QED) is 0.803. The van der Waals surface area contributed by atoms with Crippen molar-refractivity contribution in [1.82, 2.24) is 4.90 Å². The molecule has 1 aliphatic carbocycles. The minimum atomic E-state index is -0.150. The monoisotopic (exact) mass is 359 g/mol. The Morgan fingerprint density at radius 2 is 1.96 bits per heavy atom. The van der Waals surface area contributed by atoms with Crippen LogP contribution in [0.15, 0.2) is 24.3 Å². The number of ether oxygens (including phenoxy) is 1. The number of piperidine rings is 1. The van der Waals surface area contributed by atoms with E-state index in [0.717, 1.165) is 70.2 Å². The highest BCUT2D eigenvalue weighted by Crippen LogP contribution is 2.39. The third-order valence-corrected chi connectivity index (χ3v) is 6.70. The van der Waals surface area contributed by atoms with Gasteiger partial charge in [0.1, 0.15) is 5.82 Å². The number of rotatable bonds is 3. The van der Waals surface area contributed by atoms with Crippen molar-refractivity contribution < 1.29 is 13.9 Å². The predicted molar refractivity (Wildman–Crippen MR) is 99.3 cm³/mol. The molecule has 1 aromatic carbocycles. The van der Waals surface area contributed by atoms with Gasteiger partial charge in [-0.3, -0.25) is 4.79 Å². The molecule has 1 atom stereocenters. The second-order valence-electron chi connectivity index (χ2n) is 8.53. The van der Waals surface area contributed by atoms with Crippen molar-refractivity contribution >= 4 is 5.91 Å². The Balaban J connectivity index is 1.33. The van der Waals surface area contributed by atoms with Gasteiger partial charge in [0.2, 0.25) is 5.91 Å². The largest absolute Gasteiger partial charge is 0.375 e. The van der Waals surface area contributed by atoms with Crippen molar-refractivity contribution in [2.45, 2.75) is 63.4 Å². The summed E-state index contributed by atoms with van der Waals surface area (Å²) in [5.74, 6) is 1.05. The first-order valence-electron chi connectivity index (χ1n) is 10.3. The van der Waals surface area contributed by atoms with Crippen molar-refractivity contribution in [3.63, 3.8) is 0 Å². The van der Waals surface area contributed by atoms with Crippen molar-refractivity contribution in [2.24, 2.45) is 11.8 Å². The molecule has 142 valence electrons. The van der Waals surface area contributed by atoms with Crippen molar-refractivity contribution in [3.8, 4) is 0 Å². The number of benzene rings is 1. The molecule has 0 aromatic heterocycles. The van der Waals surface area contributed by atoms with Gasteiger partial charge in [-0.25, -0.2) is 4.39 Å². The highest BCUT2D eigenvalue weighted by Gasteiger charge is 2.42. The molecule has 3 fully saturated rings. The van der Waals surface area contributed by atoms with E-state index in [1.807, 2.05) is 6.07 Å². The maximum Gasteiger partial charge on any atom is 0.225 e.